The van der Waals surface area contributed by atoms with Crippen LogP contribution in [0.3, 0.4) is 0 Å². The molecule has 0 spiro atoms. The van der Waals surface area contributed by atoms with Crippen LogP contribution in [0.5, 0.6) is 5.75 Å². The molecule has 0 bridgehead atoms. The zero-order valence-corrected chi connectivity index (χ0v) is 24.0. The van der Waals surface area contributed by atoms with Gasteiger partial charge in [0.05, 0.1) is 34.6 Å². The van der Waals surface area contributed by atoms with Crippen molar-refractivity contribution in [3.8, 4) is 17.0 Å². The maximum atomic E-state index is 14.6. The minimum atomic E-state index is -3.34. The van der Waals surface area contributed by atoms with E-state index in [1.54, 1.807) is 9.80 Å². The average Bonchev–Trinajstić information content (AvgIpc) is 3.60. The third-order valence-corrected chi connectivity index (χ3v) is 7.78. The molecule has 2 atom stereocenters. The van der Waals surface area contributed by atoms with Gasteiger partial charge in [0.2, 0.25) is 11.7 Å². The number of nitrogens with zero attached hydrogens (tertiary/aromatic N) is 4. The third kappa shape index (κ3) is 6.34. The number of nitrogens with one attached hydrogen (secondary N) is 2. The second-order valence-electron chi connectivity index (χ2n) is 10.3. The van der Waals surface area contributed by atoms with E-state index in [1.165, 1.54) is 29.8 Å². The number of anilines is 1. The number of piperazine rings is 1. The molecule has 3 aromatic rings. The molecule has 3 N–H and O–H groups in total. The van der Waals surface area contributed by atoms with Gasteiger partial charge in [-0.1, -0.05) is 11.6 Å². The summed E-state index contributed by atoms with van der Waals surface area (Å²) in [5.74, 6) is -5.39. The fourth-order valence-electron chi connectivity index (χ4n) is 5.17. The summed E-state index contributed by atoms with van der Waals surface area (Å²) in [6, 6.07) is 5.73. The van der Waals surface area contributed by atoms with Gasteiger partial charge in [0, 0.05) is 51.0 Å². The molecule has 0 saturated carbocycles. The van der Waals surface area contributed by atoms with Crippen LogP contribution < -0.4 is 15.4 Å². The minimum Gasteiger partial charge on any atom is -0.432 e. The third-order valence-electron chi connectivity index (χ3n) is 7.47. The molecule has 2 fully saturated rings. The molecule has 234 valence electrons. The monoisotopic (exact) mass is 638 g/mol. The first-order chi connectivity index (χ1) is 20.9. The number of aromatic nitrogens is 2. The number of imidazole rings is 1. The normalized spacial score (nSPS) is 18.5. The van der Waals surface area contributed by atoms with E-state index in [-0.39, 0.29) is 45.2 Å². The Morgan fingerprint density at radius 3 is 2.43 bits per heavy atom. The van der Waals surface area contributed by atoms with Crippen LogP contribution in [0.15, 0.2) is 36.5 Å². The smallest absolute Gasteiger partial charge is 0.387 e. The van der Waals surface area contributed by atoms with E-state index >= 15 is 0 Å². The molecular formula is C28H27ClF4N6O5. The fourth-order valence-corrected chi connectivity index (χ4v) is 5.43. The van der Waals surface area contributed by atoms with E-state index in [9.17, 15) is 37.1 Å². The number of aliphatic hydroxyl groups is 1. The zero-order chi connectivity index (χ0) is 31.7. The van der Waals surface area contributed by atoms with Crippen molar-refractivity contribution < 1.29 is 41.8 Å². The highest BCUT2D eigenvalue weighted by molar-refractivity contribution is 6.34. The largest absolute Gasteiger partial charge is 0.432 e. The predicted molar refractivity (Wildman–Crippen MR) is 149 cm³/mol. The number of hydrogen-bond acceptors (Lipinski definition) is 7. The topological polar surface area (TPSA) is 129 Å². The molecule has 3 heterocycles. The Bertz CT molecular complexity index is 1600. The average molecular weight is 639 g/mol. The Kier molecular flexibility index (Phi) is 9.08. The van der Waals surface area contributed by atoms with Crippen molar-refractivity contribution in [1.82, 2.24) is 24.7 Å². The molecule has 0 unspecified atom stereocenters. The first-order valence-corrected chi connectivity index (χ1v) is 13.9. The van der Waals surface area contributed by atoms with Crippen molar-refractivity contribution in [2.45, 2.75) is 25.2 Å². The number of hydrogen-bond donors (Lipinski definition) is 3. The molecule has 16 heteroatoms. The first kappa shape index (κ1) is 31.2. The van der Waals surface area contributed by atoms with Crippen LogP contribution in [0.4, 0.5) is 23.2 Å². The number of β-amino-alcohol motifs (C(OH)–C–C–N with tert-alkyl or cyclic N) is 1. The Hall–Kier alpha value is -4.21. The van der Waals surface area contributed by atoms with Crippen LogP contribution in [0.2, 0.25) is 5.02 Å². The fraction of sp³-hybridized carbons (Fsp3) is 0.357. The Morgan fingerprint density at radius 1 is 1.09 bits per heavy atom. The van der Waals surface area contributed by atoms with Crippen molar-refractivity contribution >= 4 is 35.0 Å². The van der Waals surface area contributed by atoms with Gasteiger partial charge in [-0.2, -0.15) is 13.2 Å². The molecule has 2 aromatic carbocycles. The van der Waals surface area contributed by atoms with Crippen molar-refractivity contribution in [3.63, 3.8) is 0 Å². The molecule has 0 radical (unpaired) electrons. The molecule has 2 aliphatic heterocycles. The van der Waals surface area contributed by atoms with Crippen LogP contribution >= 0.6 is 11.6 Å². The van der Waals surface area contributed by atoms with Crippen molar-refractivity contribution in [3.05, 3.63) is 64.6 Å². The minimum absolute atomic E-state index is 0.00646. The van der Waals surface area contributed by atoms with Crippen LogP contribution in [-0.4, -0.2) is 93.7 Å². The van der Waals surface area contributed by atoms with Gasteiger partial charge in [-0.25, -0.2) is 9.37 Å². The molecule has 44 heavy (non-hydrogen) atoms. The maximum Gasteiger partial charge on any atom is 0.387 e. The summed E-state index contributed by atoms with van der Waals surface area (Å²) >= 11 is 6.39. The van der Waals surface area contributed by atoms with Crippen LogP contribution in [0.25, 0.3) is 11.3 Å². The van der Waals surface area contributed by atoms with Gasteiger partial charge >= 0.3 is 6.61 Å². The van der Waals surface area contributed by atoms with Gasteiger partial charge in [-0.15, -0.1) is 0 Å². The first-order valence-electron chi connectivity index (χ1n) is 13.5. The lowest BCUT2D eigenvalue weighted by molar-refractivity contribution is -0.134. The number of ether oxygens (including phenoxy) is 1. The zero-order valence-electron chi connectivity index (χ0n) is 23.2. The van der Waals surface area contributed by atoms with E-state index in [0.717, 1.165) is 18.3 Å². The summed E-state index contributed by atoms with van der Waals surface area (Å²) in [4.78, 5) is 46.0. The Morgan fingerprint density at radius 2 is 1.80 bits per heavy atom. The lowest BCUT2D eigenvalue weighted by Gasteiger charge is -2.36. The van der Waals surface area contributed by atoms with Crippen LogP contribution in [0.1, 0.15) is 27.4 Å². The van der Waals surface area contributed by atoms with Gasteiger partial charge < -0.3 is 34.8 Å². The molecule has 0 aliphatic carbocycles. The Balaban J connectivity index is 1.22. The Labute approximate surface area is 253 Å². The summed E-state index contributed by atoms with van der Waals surface area (Å²) in [5.41, 5.74) is 0.0888. The van der Waals surface area contributed by atoms with E-state index in [4.69, 9.17) is 11.6 Å². The molecule has 5 rings (SSSR count). The lowest BCUT2D eigenvalue weighted by Crippen LogP contribution is -2.54. The number of amides is 3. The second kappa shape index (κ2) is 12.8. The van der Waals surface area contributed by atoms with E-state index in [1.807, 2.05) is 0 Å². The second-order valence-corrected chi connectivity index (χ2v) is 10.7. The van der Waals surface area contributed by atoms with Gasteiger partial charge in [0.1, 0.15) is 0 Å². The van der Waals surface area contributed by atoms with Crippen LogP contribution in [-0.2, 0) is 11.8 Å². The predicted octanol–water partition coefficient (Wildman–Crippen LogP) is 2.88. The number of aliphatic hydroxyl groups excluding tert-OH is 1. The van der Waals surface area contributed by atoms with Gasteiger partial charge in [-0.05, 0) is 36.8 Å². The number of benzene rings is 2. The van der Waals surface area contributed by atoms with E-state index in [0.29, 0.717) is 39.1 Å². The molecular weight excluding hydrogens is 612 g/mol. The van der Waals surface area contributed by atoms with Crippen molar-refractivity contribution in [2.24, 2.45) is 7.05 Å². The highest BCUT2D eigenvalue weighted by atomic mass is 35.5. The lowest BCUT2D eigenvalue weighted by atomic mass is 10.1. The summed E-state index contributed by atoms with van der Waals surface area (Å²) < 4.78 is 58.9. The standard InChI is InChI=1S/C28H27ClF4N6O5/c1-37-20(17-4-5-21(44-28(32)33)23(31)22(17)30)13-35-24(37)25(41)36-14-2-3-16(18(29)10-14)26(42)38-6-8-39(9-7-38)27(43)19-11-15(40)12-34-19/h2-5,10,13,15,19,28,34,40H,6-9,11-12H2,1H3,(H,36,41)/t15-,19+/m1/s1. The van der Waals surface area contributed by atoms with Crippen molar-refractivity contribution in [2.75, 3.05) is 38.0 Å². The van der Waals surface area contributed by atoms with Gasteiger partial charge in [0.15, 0.2) is 17.4 Å². The number of alkyl halides is 2. The molecule has 11 nitrogen and oxygen atoms in total. The van der Waals surface area contributed by atoms with Gasteiger partial charge in [-0.3, -0.25) is 14.4 Å². The SMILES string of the molecule is Cn1c(-c2ccc(OC(F)F)c(F)c2F)cnc1C(=O)Nc1ccc(C(=O)N2CCN(C(=O)[C@@H]3C[C@@H](O)CN3)CC2)c(Cl)c1. The van der Waals surface area contributed by atoms with Gasteiger partial charge in [0.25, 0.3) is 11.8 Å². The maximum absolute atomic E-state index is 14.6. The summed E-state index contributed by atoms with van der Waals surface area (Å²) in [7, 11) is 1.38. The molecule has 1 aromatic heterocycles. The molecule has 2 saturated heterocycles. The highest BCUT2D eigenvalue weighted by Gasteiger charge is 2.34. The van der Waals surface area contributed by atoms with E-state index < -0.39 is 42.0 Å². The summed E-state index contributed by atoms with van der Waals surface area (Å²) in [5, 5.41) is 15.3. The quantitative estimate of drug-likeness (QED) is 0.340. The molecule has 2 aliphatic rings. The van der Waals surface area contributed by atoms with Crippen LogP contribution in [0, 0.1) is 11.6 Å². The number of halogens is 5. The number of carbonyl (C=O) groups excluding carboxylic acids is 3. The summed E-state index contributed by atoms with van der Waals surface area (Å²) in [6.07, 6.45) is 0.919. The molecule has 3 amide bonds. The van der Waals surface area contributed by atoms with E-state index in [2.05, 4.69) is 20.4 Å². The highest BCUT2D eigenvalue weighted by Crippen LogP contribution is 2.31. The summed E-state index contributed by atoms with van der Waals surface area (Å²) in [6.45, 7) is -1.72. The number of carbonyl (C=O) groups is 3. The number of rotatable bonds is 7. The van der Waals surface area contributed by atoms with Crippen molar-refractivity contribution in [1.29, 1.82) is 0 Å².